The van der Waals surface area contributed by atoms with Gasteiger partial charge in [-0.15, -0.1) is 0 Å². The molecule has 0 amide bonds. The number of nitrogens with zero attached hydrogens (tertiary/aromatic N) is 1. The summed E-state index contributed by atoms with van der Waals surface area (Å²) in [5, 5.41) is 1.05. The van der Waals surface area contributed by atoms with Crippen LogP contribution in [0.4, 0.5) is 0 Å². The number of hydrogen-bond donors (Lipinski definition) is 0. The highest BCUT2D eigenvalue weighted by atomic mass is 16.5. The topological polar surface area (TPSA) is 49.7 Å². The predicted molar refractivity (Wildman–Crippen MR) is 103 cm³/mol. The zero-order valence-corrected chi connectivity index (χ0v) is 15.4. The maximum absolute atomic E-state index is 12.2. The summed E-state index contributed by atoms with van der Waals surface area (Å²) in [7, 11) is 1.58. The van der Waals surface area contributed by atoms with Gasteiger partial charge in [0.15, 0.2) is 5.76 Å². The van der Waals surface area contributed by atoms with Crippen molar-refractivity contribution in [1.82, 2.24) is 4.57 Å². The summed E-state index contributed by atoms with van der Waals surface area (Å²) in [4.78, 5) is 12.2. The molecule has 0 spiro atoms. The minimum Gasteiger partial charge on any atom is -0.494 e. The lowest BCUT2D eigenvalue weighted by Gasteiger charge is -2.08. The van der Waals surface area contributed by atoms with E-state index in [-0.39, 0.29) is 5.97 Å². The van der Waals surface area contributed by atoms with E-state index in [0.29, 0.717) is 31.1 Å². The van der Waals surface area contributed by atoms with Gasteiger partial charge in [0.1, 0.15) is 17.9 Å². The Hall–Kier alpha value is -3.21. The molecule has 0 N–H and O–H groups in total. The van der Waals surface area contributed by atoms with Gasteiger partial charge in [-0.05, 0) is 36.8 Å². The smallest absolute Gasteiger partial charge is 0.339 e. The maximum Gasteiger partial charge on any atom is 0.339 e. The highest BCUT2D eigenvalue weighted by Crippen LogP contribution is 2.36. The number of rotatable bonds is 6. The minimum atomic E-state index is -0.325. The van der Waals surface area contributed by atoms with Gasteiger partial charge < -0.3 is 18.8 Å². The molecule has 4 rings (SSSR count). The molecule has 1 aliphatic rings. The number of fused-ring (bicyclic) bond motifs is 3. The summed E-state index contributed by atoms with van der Waals surface area (Å²) >= 11 is 0. The fourth-order valence-corrected chi connectivity index (χ4v) is 3.43. The molecule has 0 atom stereocenters. The van der Waals surface area contributed by atoms with E-state index in [1.165, 1.54) is 0 Å². The van der Waals surface area contributed by atoms with E-state index in [1.54, 1.807) is 14.0 Å². The number of benzene rings is 2. The van der Waals surface area contributed by atoms with Crippen molar-refractivity contribution in [2.45, 2.75) is 20.1 Å². The van der Waals surface area contributed by atoms with Crippen LogP contribution in [0.2, 0.25) is 0 Å². The number of ether oxygens (including phenoxy) is 3. The van der Waals surface area contributed by atoms with E-state index in [2.05, 4.69) is 4.57 Å². The first-order chi connectivity index (χ1) is 13.2. The first kappa shape index (κ1) is 17.2. The van der Waals surface area contributed by atoms with E-state index in [1.807, 2.05) is 54.6 Å². The molecular formula is C22H21NO4. The molecule has 3 aromatic rings. The molecule has 0 fully saturated rings. The van der Waals surface area contributed by atoms with Crippen LogP contribution in [0.1, 0.15) is 18.2 Å². The third kappa shape index (κ3) is 3.16. The van der Waals surface area contributed by atoms with Crippen molar-refractivity contribution >= 4 is 22.6 Å². The van der Waals surface area contributed by atoms with Crippen molar-refractivity contribution in [1.29, 1.82) is 0 Å². The summed E-state index contributed by atoms with van der Waals surface area (Å²) < 4.78 is 18.7. The van der Waals surface area contributed by atoms with Crippen LogP contribution in [-0.4, -0.2) is 24.3 Å². The molecule has 27 heavy (non-hydrogen) atoms. The predicted octanol–water partition coefficient (Wildman–Crippen LogP) is 4.15. The second-order valence-electron chi connectivity index (χ2n) is 6.34. The Labute approximate surface area is 157 Å². The van der Waals surface area contributed by atoms with E-state index < -0.39 is 0 Å². The number of carbonyl (C=O) groups is 1. The Bertz CT molecular complexity index is 1020. The molecule has 1 aliphatic heterocycles. The fourth-order valence-electron chi connectivity index (χ4n) is 3.43. The average Bonchev–Trinajstić information content (AvgIpc) is 3.22. The molecule has 5 nitrogen and oxygen atoms in total. The lowest BCUT2D eigenvalue weighted by molar-refractivity contribution is -0.138. The van der Waals surface area contributed by atoms with Gasteiger partial charge in [0.05, 0.1) is 26.0 Å². The van der Waals surface area contributed by atoms with Crippen LogP contribution < -0.4 is 4.74 Å². The summed E-state index contributed by atoms with van der Waals surface area (Å²) in [5.74, 6) is 1.06. The lowest BCUT2D eigenvalue weighted by Crippen LogP contribution is -2.10. The average molecular weight is 363 g/mol. The normalized spacial score (nSPS) is 13.0. The molecule has 0 aliphatic carbocycles. The first-order valence-corrected chi connectivity index (χ1v) is 8.96. The number of methoxy groups -OCH3 is 1. The first-order valence-electron chi connectivity index (χ1n) is 8.96. The Balaban J connectivity index is 1.61. The van der Waals surface area contributed by atoms with Crippen LogP contribution >= 0.6 is 0 Å². The van der Waals surface area contributed by atoms with Crippen molar-refractivity contribution in [3.8, 4) is 5.75 Å². The molecule has 2 heterocycles. The monoisotopic (exact) mass is 363 g/mol. The van der Waals surface area contributed by atoms with E-state index in [0.717, 1.165) is 27.9 Å². The zero-order valence-electron chi connectivity index (χ0n) is 15.4. The van der Waals surface area contributed by atoms with Gasteiger partial charge in [0.2, 0.25) is 0 Å². The van der Waals surface area contributed by atoms with Gasteiger partial charge >= 0.3 is 5.97 Å². The molecule has 0 radical (unpaired) electrons. The summed E-state index contributed by atoms with van der Waals surface area (Å²) in [6.45, 7) is 3.12. The van der Waals surface area contributed by atoms with Gasteiger partial charge in [-0.3, -0.25) is 0 Å². The minimum absolute atomic E-state index is 0.325. The Morgan fingerprint density at radius 2 is 1.93 bits per heavy atom. The quantitative estimate of drug-likeness (QED) is 0.617. The highest BCUT2D eigenvalue weighted by Gasteiger charge is 2.30. The molecular weight excluding hydrogens is 342 g/mol. The van der Waals surface area contributed by atoms with Crippen molar-refractivity contribution in [2.75, 3.05) is 13.7 Å². The van der Waals surface area contributed by atoms with Crippen molar-refractivity contribution in [3.05, 3.63) is 71.4 Å². The highest BCUT2D eigenvalue weighted by molar-refractivity contribution is 6.00. The van der Waals surface area contributed by atoms with Crippen molar-refractivity contribution < 1.29 is 19.0 Å². The number of carbonyl (C=O) groups excluding carboxylic acids is 1. The van der Waals surface area contributed by atoms with E-state index in [4.69, 9.17) is 14.2 Å². The largest absolute Gasteiger partial charge is 0.494 e. The number of aromatic nitrogens is 1. The van der Waals surface area contributed by atoms with Crippen molar-refractivity contribution in [3.63, 3.8) is 0 Å². The van der Waals surface area contributed by atoms with Crippen LogP contribution in [0.25, 0.3) is 16.7 Å². The molecule has 0 saturated carbocycles. The summed E-state index contributed by atoms with van der Waals surface area (Å²) in [5.41, 5.74) is 3.60. The number of hydrogen-bond acceptors (Lipinski definition) is 4. The second kappa shape index (κ2) is 7.19. The van der Waals surface area contributed by atoms with Gasteiger partial charge in [-0.1, -0.05) is 30.3 Å². The standard InChI is InChI=1S/C22H21NO4/c1-3-26-22(24)18-13-23-19-10-9-17(27-14-15-7-5-4-6-8-15)11-16(19)12-20(23)21(18)25-2/h4-12H,3,13-14H2,1-2H3. The Kier molecular flexibility index (Phi) is 4.59. The molecule has 0 bridgehead atoms. The van der Waals surface area contributed by atoms with Crippen LogP contribution in [0, 0.1) is 0 Å². The van der Waals surface area contributed by atoms with E-state index >= 15 is 0 Å². The van der Waals surface area contributed by atoms with Gasteiger partial charge in [0, 0.05) is 10.9 Å². The SMILES string of the molecule is CCOC(=O)C1=C(OC)c2cc3cc(OCc4ccccc4)ccc3n2C1. The number of esters is 1. The van der Waals surface area contributed by atoms with Crippen LogP contribution in [0.15, 0.2) is 60.2 Å². The molecule has 5 heteroatoms. The van der Waals surface area contributed by atoms with Gasteiger partial charge in [-0.25, -0.2) is 4.79 Å². The second-order valence-corrected chi connectivity index (χ2v) is 6.34. The molecule has 2 aromatic carbocycles. The molecule has 138 valence electrons. The van der Waals surface area contributed by atoms with E-state index in [9.17, 15) is 4.79 Å². The lowest BCUT2D eigenvalue weighted by atomic mass is 10.2. The summed E-state index contributed by atoms with van der Waals surface area (Å²) in [6, 6.07) is 18.1. The third-order valence-electron chi connectivity index (χ3n) is 4.67. The van der Waals surface area contributed by atoms with Crippen LogP contribution in [0.3, 0.4) is 0 Å². The zero-order chi connectivity index (χ0) is 18.8. The fraction of sp³-hybridized carbons (Fsp3) is 0.227. The van der Waals surface area contributed by atoms with Gasteiger partial charge in [-0.2, -0.15) is 0 Å². The Morgan fingerprint density at radius 3 is 2.67 bits per heavy atom. The molecule has 0 unspecified atom stereocenters. The molecule has 0 saturated heterocycles. The van der Waals surface area contributed by atoms with Crippen LogP contribution in [-0.2, 0) is 27.4 Å². The van der Waals surface area contributed by atoms with Gasteiger partial charge in [0.25, 0.3) is 0 Å². The Morgan fingerprint density at radius 1 is 1.11 bits per heavy atom. The molecule has 1 aromatic heterocycles. The summed E-state index contributed by atoms with van der Waals surface area (Å²) in [6.07, 6.45) is 0. The van der Waals surface area contributed by atoms with Crippen LogP contribution in [0.5, 0.6) is 5.75 Å². The maximum atomic E-state index is 12.2. The van der Waals surface area contributed by atoms with Crippen molar-refractivity contribution in [2.24, 2.45) is 0 Å². The third-order valence-corrected chi connectivity index (χ3v) is 4.67.